The Morgan fingerprint density at radius 3 is 2.45 bits per heavy atom. The highest BCUT2D eigenvalue weighted by Gasteiger charge is 2.26. The topological polar surface area (TPSA) is 102 Å². The van der Waals surface area contributed by atoms with Gasteiger partial charge in [0.25, 0.3) is 5.91 Å². The van der Waals surface area contributed by atoms with Crippen LogP contribution in [0.25, 0.3) is 0 Å². The average Bonchev–Trinajstić information content (AvgIpc) is 2.80. The molecule has 1 fully saturated rings. The highest BCUT2D eigenvalue weighted by molar-refractivity contribution is 6.00. The van der Waals surface area contributed by atoms with Crippen LogP contribution in [0.3, 0.4) is 0 Å². The predicted molar refractivity (Wildman–Crippen MR) is 78.6 cm³/mol. The molecule has 0 unspecified atom stereocenters. The Labute approximate surface area is 128 Å². The zero-order valence-electron chi connectivity index (χ0n) is 12.2. The normalized spacial score (nSPS) is 15.0. The summed E-state index contributed by atoms with van der Waals surface area (Å²) in [4.78, 5) is 25.2. The van der Waals surface area contributed by atoms with E-state index in [0.717, 1.165) is 31.7 Å². The number of carbonyl (C=O) groups is 2. The van der Waals surface area contributed by atoms with E-state index in [-0.39, 0.29) is 29.0 Å². The molecule has 0 radical (unpaired) electrons. The van der Waals surface area contributed by atoms with Crippen molar-refractivity contribution in [3.05, 3.63) is 22.8 Å². The lowest BCUT2D eigenvalue weighted by atomic mass is 9.96. The Morgan fingerprint density at radius 2 is 1.91 bits per heavy atom. The van der Waals surface area contributed by atoms with E-state index in [9.17, 15) is 25.1 Å². The molecular weight excluding hydrogens is 284 g/mol. The second kappa shape index (κ2) is 6.94. The first kappa shape index (κ1) is 15.8. The number of aromatic hydroxyl groups is 2. The minimum atomic E-state index is -0.510. The molecule has 1 heterocycles. The summed E-state index contributed by atoms with van der Waals surface area (Å²) in [6.07, 6.45) is 4.19. The van der Waals surface area contributed by atoms with E-state index in [1.54, 1.807) is 4.90 Å². The number of hydrogen-bond donors (Lipinski definition) is 2. The van der Waals surface area contributed by atoms with Crippen molar-refractivity contribution >= 4 is 12.2 Å². The second-order valence-corrected chi connectivity index (χ2v) is 5.33. The molecule has 2 rings (SSSR count). The third kappa shape index (κ3) is 3.03. The molecule has 0 aliphatic carbocycles. The fourth-order valence-corrected chi connectivity index (χ4v) is 2.76. The first-order chi connectivity index (χ1) is 10.6. The Bertz CT molecular complexity index is 626. The van der Waals surface area contributed by atoms with Gasteiger partial charge in [0, 0.05) is 31.1 Å². The van der Waals surface area contributed by atoms with Gasteiger partial charge in [0.15, 0.2) is 11.5 Å². The van der Waals surface area contributed by atoms with Crippen LogP contribution in [0.4, 0.5) is 0 Å². The molecule has 6 nitrogen and oxygen atoms in total. The summed E-state index contributed by atoms with van der Waals surface area (Å²) in [6, 6.07) is 2.93. The van der Waals surface area contributed by atoms with E-state index in [0.29, 0.717) is 19.4 Å². The molecule has 22 heavy (non-hydrogen) atoms. The number of nitriles is 1. The molecule has 6 heteroatoms. The molecule has 0 saturated carbocycles. The van der Waals surface area contributed by atoms with Gasteiger partial charge in [-0.3, -0.25) is 4.79 Å². The molecule has 2 N–H and O–H groups in total. The molecular formula is C16H18N2O4. The number of phenolic OH excluding ortho intramolecular Hbond substituents is 2. The van der Waals surface area contributed by atoms with Crippen LogP contribution < -0.4 is 0 Å². The Morgan fingerprint density at radius 1 is 1.27 bits per heavy atom. The Kier molecular flexibility index (Phi) is 4.99. The van der Waals surface area contributed by atoms with Crippen LogP contribution in [-0.2, 0) is 11.2 Å². The first-order valence-corrected chi connectivity index (χ1v) is 7.31. The molecule has 1 amide bonds. The van der Waals surface area contributed by atoms with Crippen molar-refractivity contribution < 1.29 is 19.8 Å². The molecule has 0 bridgehead atoms. The van der Waals surface area contributed by atoms with Crippen LogP contribution in [0, 0.1) is 11.3 Å². The Hall–Kier alpha value is -2.55. The third-order valence-corrected chi connectivity index (χ3v) is 3.90. The first-order valence-electron chi connectivity index (χ1n) is 7.31. The van der Waals surface area contributed by atoms with E-state index >= 15 is 0 Å². The van der Waals surface area contributed by atoms with Crippen molar-refractivity contribution in [2.45, 2.75) is 32.1 Å². The van der Waals surface area contributed by atoms with Crippen molar-refractivity contribution in [3.63, 3.8) is 0 Å². The van der Waals surface area contributed by atoms with Crippen LogP contribution in [0.15, 0.2) is 6.07 Å². The van der Waals surface area contributed by atoms with Crippen molar-refractivity contribution in [3.8, 4) is 17.6 Å². The molecule has 1 saturated heterocycles. The molecule has 116 valence electrons. The molecule has 1 aliphatic heterocycles. The molecule has 1 aliphatic rings. The molecule has 0 aromatic heterocycles. The number of benzene rings is 1. The largest absolute Gasteiger partial charge is 0.504 e. The van der Waals surface area contributed by atoms with Gasteiger partial charge in [-0.15, -0.1) is 0 Å². The maximum Gasteiger partial charge on any atom is 0.255 e. The fraction of sp³-hybridized carbons (Fsp3) is 0.438. The second-order valence-electron chi connectivity index (χ2n) is 5.33. The van der Waals surface area contributed by atoms with Crippen molar-refractivity contribution in [2.24, 2.45) is 0 Å². The molecule has 0 spiro atoms. The van der Waals surface area contributed by atoms with Gasteiger partial charge >= 0.3 is 0 Å². The average molecular weight is 302 g/mol. The number of carbonyl (C=O) groups excluding carboxylic acids is 2. The van der Waals surface area contributed by atoms with Crippen LogP contribution in [-0.4, -0.2) is 40.4 Å². The summed E-state index contributed by atoms with van der Waals surface area (Å²) in [7, 11) is 0. The van der Waals surface area contributed by atoms with Gasteiger partial charge in [-0.05, 0) is 12.8 Å². The Balaban J connectivity index is 2.51. The van der Waals surface area contributed by atoms with Gasteiger partial charge in [-0.25, -0.2) is 0 Å². The molecule has 1 aromatic rings. The summed E-state index contributed by atoms with van der Waals surface area (Å²) in [5, 5.41) is 28.8. The predicted octanol–water partition coefficient (Wildman–Crippen LogP) is 1.73. The van der Waals surface area contributed by atoms with Gasteiger partial charge in [-0.2, -0.15) is 5.26 Å². The van der Waals surface area contributed by atoms with Crippen LogP contribution in [0.5, 0.6) is 11.5 Å². The lowest BCUT2D eigenvalue weighted by molar-refractivity contribution is -0.107. The van der Waals surface area contributed by atoms with Gasteiger partial charge in [0.2, 0.25) is 0 Å². The number of nitrogens with zero attached hydrogens (tertiary/aromatic N) is 2. The van der Waals surface area contributed by atoms with Gasteiger partial charge < -0.3 is 19.9 Å². The molecule has 1 aromatic carbocycles. The number of amides is 1. The number of likely N-dealkylation sites (tertiary alicyclic amines) is 1. The zero-order valence-corrected chi connectivity index (χ0v) is 12.2. The van der Waals surface area contributed by atoms with E-state index < -0.39 is 11.5 Å². The summed E-state index contributed by atoms with van der Waals surface area (Å²) < 4.78 is 0. The number of hydrogen-bond acceptors (Lipinski definition) is 5. The van der Waals surface area contributed by atoms with Crippen LogP contribution >= 0.6 is 0 Å². The number of rotatable bonds is 3. The van der Waals surface area contributed by atoms with E-state index in [1.165, 1.54) is 0 Å². The minimum absolute atomic E-state index is 0.0146. The van der Waals surface area contributed by atoms with E-state index in [1.807, 2.05) is 6.07 Å². The van der Waals surface area contributed by atoms with Gasteiger partial charge in [0.1, 0.15) is 12.4 Å². The SMILES string of the molecule is N#Cc1cc(O)c(O)c(CC=O)c1C(=O)N1CCCCCC1. The standard InChI is InChI=1S/C16H18N2O4/c17-10-11-9-13(20)15(21)12(5-8-19)14(11)16(22)18-6-3-1-2-4-7-18/h8-9,20-21H,1-7H2. The monoisotopic (exact) mass is 302 g/mol. The maximum absolute atomic E-state index is 12.8. The van der Waals surface area contributed by atoms with Crippen molar-refractivity contribution in [2.75, 3.05) is 13.1 Å². The number of aldehydes is 1. The lowest BCUT2D eigenvalue weighted by Crippen LogP contribution is -2.33. The van der Waals surface area contributed by atoms with E-state index in [4.69, 9.17) is 0 Å². The minimum Gasteiger partial charge on any atom is -0.504 e. The highest BCUT2D eigenvalue weighted by atomic mass is 16.3. The third-order valence-electron chi connectivity index (χ3n) is 3.90. The summed E-state index contributed by atoms with van der Waals surface area (Å²) in [6.45, 7) is 1.18. The quantitative estimate of drug-likeness (QED) is 0.654. The van der Waals surface area contributed by atoms with Gasteiger partial charge in [0.05, 0.1) is 11.1 Å². The fourth-order valence-electron chi connectivity index (χ4n) is 2.76. The zero-order chi connectivity index (χ0) is 16.1. The smallest absolute Gasteiger partial charge is 0.255 e. The number of phenols is 2. The van der Waals surface area contributed by atoms with Crippen LogP contribution in [0.1, 0.15) is 47.2 Å². The summed E-state index contributed by atoms with van der Waals surface area (Å²) in [5.41, 5.74) is 0.00833. The van der Waals surface area contributed by atoms with E-state index in [2.05, 4.69) is 0 Å². The van der Waals surface area contributed by atoms with Crippen molar-refractivity contribution in [1.82, 2.24) is 4.90 Å². The molecule has 0 atom stereocenters. The summed E-state index contributed by atoms with van der Waals surface area (Å²) >= 11 is 0. The van der Waals surface area contributed by atoms with Crippen molar-refractivity contribution in [1.29, 1.82) is 5.26 Å². The van der Waals surface area contributed by atoms with Crippen LogP contribution in [0.2, 0.25) is 0 Å². The lowest BCUT2D eigenvalue weighted by Gasteiger charge is -2.22. The summed E-state index contributed by atoms with van der Waals surface area (Å²) in [5.74, 6) is -1.38. The van der Waals surface area contributed by atoms with Gasteiger partial charge in [-0.1, -0.05) is 12.8 Å². The maximum atomic E-state index is 12.8. The highest BCUT2D eigenvalue weighted by Crippen LogP contribution is 2.35.